The standard InChI is InChI=1S/C9H19N3O2/c1-3-12(4-2)9(14)7(10)5-6-8(11)13/h7H,3-6,10H2,1-2H3,(H2,11,13)/t7-/m0/s1. The van der Waals surface area contributed by atoms with Crippen LogP contribution >= 0.6 is 0 Å². The molecule has 1 atom stereocenters. The van der Waals surface area contributed by atoms with Crippen LogP contribution in [0.15, 0.2) is 0 Å². The van der Waals surface area contributed by atoms with Gasteiger partial charge < -0.3 is 16.4 Å². The molecule has 0 aromatic carbocycles. The Labute approximate surface area is 84.4 Å². The molecule has 0 aromatic heterocycles. The minimum Gasteiger partial charge on any atom is -0.370 e. The van der Waals surface area contributed by atoms with Gasteiger partial charge in [-0.3, -0.25) is 9.59 Å². The molecule has 14 heavy (non-hydrogen) atoms. The zero-order valence-corrected chi connectivity index (χ0v) is 8.82. The Kier molecular flexibility index (Phi) is 5.87. The van der Waals surface area contributed by atoms with Crippen LogP contribution in [0.4, 0.5) is 0 Å². The number of hydrogen-bond acceptors (Lipinski definition) is 3. The number of carbonyl (C=O) groups excluding carboxylic acids is 2. The van der Waals surface area contributed by atoms with Gasteiger partial charge in [-0.05, 0) is 20.3 Å². The Balaban J connectivity index is 4.03. The Morgan fingerprint density at radius 3 is 2.14 bits per heavy atom. The van der Waals surface area contributed by atoms with Gasteiger partial charge in [0, 0.05) is 19.5 Å². The van der Waals surface area contributed by atoms with E-state index in [1.807, 2.05) is 13.8 Å². The Hall–Kier alpha value is -1.10. The summed E-state index contributed by atoms with van der Waals surface area (Å²) in [7, 11) is 0. The maximum absolute atomic E-state index is 11.6. The molecule has 0 aromatic rings. The van der Waals surface area contributed by atoms with Crippen LogP contribution in [0.2, 0.25) is 0 Å². The van der Waals surface area contributed by atoms with E-state index >= 15 is 0 Å². The van der Waals surface area contributed by atoms with E-state index in [4.69, 9.17) is 11.5 Å². The smallest absolute Gasteiger partial charge is 0.239 e. The van der Waals surface area contributed by atoms with Crippen molar-refractivity contribution in [2.24, 2.45) is 11.5 Å². The van der Waals surface area contributed by atoms with Crippen molar-refractivity contribution in [3.63, 3.8) is 0 Å². The third-order valence-electron chi connectivity index (χ3n) is 2.09. The van der Waals surface area contributed by atoms with Crippen molar-refractivity contribution in [1.29, 1.82) is 0 Å². The van der Waals surface area contributed by atoms with Crippen LogP contribution in [0.3, 0.4) is 0 Å². The van der Waals surface area contributed by atoms with Crippen LogP contribution in [0.1, 0.15) is 26.7 Å². The molecule has 0 aliphatic rings. The molecule has 0 spiro atoms. The molecule has 5 heteroatoms. The maximum atomic E-state index is 11.6. The molecule has 0 saturated heterocycles. The van der Waals surface area contributed by atoms with Gasteiger partial charge in [-0.2, -0.15) is 0 Å². The minimum absolute atomic E-state index is 0.115. The molecule has 2 amide bonds. The van der Waals surface area contributed by atoms with Gasteiger partial charge in [0.05, 0.1) is 6.04 Å². The van der Waals surface area contributed by atoms with E-state index in [0.29, 0.717) is 19.5 Å². The van der Waals surface area contributed by atoms with Gasteiger partial charge >= 0.3 is 0 Å². The van der Waals surface area contributed by atoms with Crippen LogP contribution in [-0.4, -0.2) is 35.8 Å². The summed E-state index contributed by atoms with van der Waals surface area (Å²) in [4.78, 5) is 23.7. The number of carbonyl (C=O) groups is 2. The fraction of sp³-hybridized carbons (Fsp3) is 0.778. The van der Waals surface area contributed by atoms with Crippen molar-refractivity contribution in [2.45, 2.75) is 32.7 Å². The highest BCUT2D eigenvalue weighted by molar-refractivity contribution is 5.82. The number of likely N-dealkylation sites (N-methyl/N-ethyl adjacent to an activating group) is 1. The highest BCUT2D eigenvalue weighted by Crippen LogP contribution is 1.99. The predicted molar refractivity (Wildman–Crippen MR) is 54.3 cm³/mol. The predicted octanol–water partition coefficient (Wildman–Crippen LogP) is -0.552. The lowest BCUT2D eigenvalue weighted by molar-refractivity contribution is -0.132. The average Bonchev–Trinajstić information content (AvgIpc) is 2.15. The van der Waals surface area contributed by atoms with Gasteiger partial charge in [-0.15, -0.1) is 0 Å². The summed E-state index contributed by atoms with van der Waals surface area (Å²) >= 11 is 0. The number of primary amides is 1. The largest absolute Gasteiger partial charge is 0.370 e. The van der Waals surface area contributed by atoms with E-state index in [1.54, 1.807) is 4.90 Å². The molecule has 0 heterocycles. The molecule has 82 valence electrons. The summed E-state index contributed by atoms with van der Waals surface area (Å²) in [6.45, 7) is 5.06. The SMILES string of the molecule is CCN(CC)C(=O)[C@@H](N)CCC(N)=O. The molecule has 5 nitrogen and oxygen atoms in total. The summed E-state index contributed by atoms with van der Waals surface area (Å²) in [6.07, 6.45) is 0.485. The second-order valence-electron chi connectivity index (χ2n) is 3.12. The number of nitrogens with zero attached hydrogens (tertiary/aromatic N) is 1. The van der Waals surface area contributed by atoms with E-state index in [2.05, 4.69) is 0 Å². The molecule has 0 radical (unpaired) electrons. The van der Waals surface area contributed by atoms with Gasteiger partial charge in [0.15, 0.2) is 0 Å². The van der Waals surface area contributed by atoms with E-state index in [1.165, 1.54) is 0 Å². The zero-order valence-electron chi connectivity index (χ0n) is 8.82. The summed E-state index contributed by atoms with van der Waals surface area (Å²) in [5.41, 5.74) is 10.6. The lowest BCUT2D eigenvalue weighted by Crippen LogP contribution is -2.44. The quantitative estimate of drug-likeness (QED) is 0.604. The Bertz CT molecular complexity index is 202. The average molecular weight is 201 g/mol. The number of nitrogens with two attached hydrogens (primary N) is 2. The molecule has 0 rings (SSSR count). The molecule has 4 N–H and O–H groups in total. The van der Waals surface area contributed by atoms with Crippen molar-refractivity contribution in [3.8, 4) is 0 Å². The van der Waals surface area contributed by atoms with E-state index < -0.39 is 11.9 Å². The van der Waals surface area contributed by atoms with E-state index in [0.717, 1.165) is 0 Å². The van der Waals surface area contributed by atoms with Gasteiger partial charge in [0.1, 0.15) is 0 Å². The fourth-order valence-electron chi connectivity index (χ4n) is 1.19. The highest BCUT2D eigenvalue weighted by Gasteiger charge is 2.18. The molecule has 0 fully saturated rings. The van der Waals surface area contributed by atoms with E-state index in [-0.39, 0.29) is 12.3 Å². The molecular weight excluding hydrogens is 182 g/mol. The molecule has 0 aliphatic carbocycles. The first kappa shape index (κ1) is 12.9. The van der Waals surface area contributed by atoms with Crippen molar-refractivity contribution >= 4 is 11.8 Å². The number of rotatable bonds is 6. The first-order chi connectivity index (χ1) is 6.52. The van der Waals surface area contributed by atoms with Crippen LogP contribution in [0.5, 0.6) is 0 Å². The monoisotopic (exact) mass is 201 g/mol. The van der Waals surface area contributed by atoms with Crippen molar-refractivity contribution < 1.29 is 9.59 Å². The third kappa shape index (κ3) is 4.23. The summed E-state index contributed by atoms with van der Waals surface area (Å²) in [5.74, 6) is -0.538. The number of amides is 2. The lowest BCUT2D eigenvalue weighted by atomic mass is 10.1. The summed E-state index contributed by atoms with van der Waals surface area (Å²) < 4.78 is 0. The summed E-state index contributed by atoms with van der Waals surface area (Å²) in [6, 6.07) is -0.609. The van der Waals surface area contributed by atoms with Crippen LogP contribution < -0.4 is 11.5 Å². The Morgan fingerprint density at radius 2 is 1.79 bits per heavy atom. The first-order valence-corrected chi connectivity index (χ1v) is 4.85. The van der Waals surface area contributed by atoms with Crippen molar-refractivity contribution in [3.05, 3.63) is 0 Å². The minimum atomic E-state index is -0.609. The maximum Gasteiger partial charge on any atom is 0.239 e. The number of hydrogen-bond donors (Lipinski definition) is 2. The fourth-order valence-corrected chi connectivity index (χ4v) is 1.19. The molecule has 0 bridgehead atoms. The molecule has 0 unspecified atom stereocenters. The highest BCUT2D eigenvalue weighted by atomic mass is 16.2. The Morgan fingerprint density at radius 1 is 1.29 bits per heavy atom. The first-order valence-electron chi connectivity index (χ1n) is 4.85. The topological polar surface area (TPSA) is 89.4 Å². The second-order valence-corrected chi connectivity index (χ2v) is 3.12. The molecular formula is C9H19N3O2. The second kappa shape index (κ2) is 6.37. The third-order valence-corrected chi connectivity index (χ3v) is 2.09. The molecule has 0 aliphatic heterocycles. The van der Waals surface area contributed by atoms with Gasteiger partial charge in [0.2, 0.25) is 11.8 Å². The normalized spacial score (nSPS) is 12.2. The van der Waals surface area contributed by atoms with Crippen LogP contribution in [0, 0.1) is 0 Å². The van der Waals surface area contributed by atoms with Gasteiger partial charge in [-0.1, -0.05) is 0 Å². The van der Waals surface area contributed by atoms with Crippen molar-refractivity contribution in [2.75, 3.05) is 13.1 Å². The molecule has 0 saturated carbocycles. The van der Waals surface area contributed by atoms with Crippen LogP contribution in [-0.2, 0) is 9.59 Å². The van der Waals surface area contributed by atoms with Gasteiger partial charge in [-0.25, -0.2) is 0 Å². The van der Waals surface area contributed by atoms with Gasteiger partial charge in [0.25, 0.3) is 0 Å². The van der Waals surface area contributed by atoms with E-state index in [9.17, 15) is 9.59 Å². The summed E-state index contributed by atoms with van der Waals surface area (Å²) in [5, 5.41) is 0. The van der Waals surface area contributed by atoms with Crippen LogP contribution in [0.25, 0.3) is 0 Å². The lowest BCUT2D eigenvalue weighted by Gasteiger charge is -2.22. The van der Waals surface area contributed by atoms with Crippen molar-refractivity contribution in [1.82, 2.24) is 4.90 Å². The zero-order chi connectivity index (χ0) is 11.1.